The van der Waals surface area contributed by atoms with Crippen LogP contribution in [0.3, 0.4) is 0 Å². The average molecular weight is 302 g/mol. The van der Waals surface area contributed by atoms with Crippen molar-refractivity contribution in [3.8, 4) is 0 Å². The quantitative estimate of drug-likeness (QED) is 0.899. The third-order valence-electron chi connectivity index (χ3n) is 4.97. The van der Waals surface area contributed by atoms with Crippen molar-refractivity contribution < 1.29 is 0 Å². The van der Waals surface area contributed by atoms with Gasteiger partial charge in [-0.3, -0.25) is 4.90 Å². The van der Waals surface area contributed by atoms with Crippen molar-refractivity contribution in [2.75, 3.05) is 13.1 Å². The maximum absolute atomic E-state index is 3.69. The van der Waals surface area contributed by atoms with Gasteiger partial charge < -0.3 is 5.32 Å². The summed E-state index contributed by atoms with van der Waals surface area (Å²) in [5.41, 5.74) is 1.46. The van der Waals surface area contributed by atoms with Gasteiger partial charge >= 0.3 is 0 Å². The highest BCUT2D eigenvalue weighted by atomic mass is 32.1. The number of benzene rings is 1. The number of nitrogens with zero attached hydrogens (tertiary/aromatic N) is 1. The highest BCUT2D eigenvalue weighted by Gasteiger charge is 2.29. The van der Waals surface area contributed by atoms with E-state index in [-0.39, 0.29) is 0 Å². The Hall–Kier alpha value is -0.900. The van der Waals surface area contributed by atoms with Crippen LogP contribution in [-0.4, -0.2) is 30.1 Å². The molecule has 1 unspecified atom stereocenters. The molecule has 0 amide bonds. The Morgan fingerprint density at radius 3 is 2.90 bits per heavy atom. The van der Waals surface area contributed by atoms with Gasteiger partial charge in [0.15, 0.2) is 0 Å². The molecule has 0 spiro atoms. The summed E-state index contributed by atoms with van der Waals surface area (Å²) in [6, 6.07) is 11.0. The minimum absolute atomic E-state index is 0.498. The average Bonchev–Trinajstić information content (AvgIpc) is 3.01. The predicted octanol–water partition coefficient (Wildman–Crippen LogP) is 4.42. The molecular weight excluding hydrogens is 276 g/mol. The number of hydrogen-bond acceptors (Lipinski definition) is 3. The van der Waals surface area contributed by atoms with E-state index in [1.54, 1.807) is 0 Å². The van der Waals surface area contributed by atoms with Crippen LogP contribution in [0.25, 0.3) is 10.1 Å². The first-order valence-corrected chi connectivity index (χ1v) is 9.07. The second kappa shape index (κ2) is 6.47. The second-order valence-corrected chi connectivity index (χ2v) is 7.11. The van der Waals surface area contributed by atoms with E-state index in [2.05, 4.69) is 60.6 Å². The van der Waals surface area contributed by atoms with Crippen LogP contribution in [0, 0.1) is 0 Å². The van der Waals surface area contributed by atoms with Crippen molar-refractivity contribution in [1.29, 1.82) is 0 Å². The third-order valence-corrected chi connectivity index (χ3v) is 5.85. The first-order chi connectivity index (χ1) is 10.2. The van der Waals surface area contributed by atoms with Gasteiger partial charge in [0, 0.05) is 35.9 Å². The van der Waals surface area contributed by atoms with Gasteiger partial charge in [0.2, 0.25) is 0 Å². The minimum atomic E-state index is 0.498. The Bertz CT molecular complexity index is 592. The number of nitrogens with one attached hydrogen (secondary N) is 1. The van der Waals surface area contributed by atoms with Crippen LogP contribution < -0.4 is 5.32 Å². The third kappa shape index (κ3) is 3.01. The smallest absolute Gasteiger partial charge is 0.0346 e. The van der Waals surface area contributed by atoms with E-state index >= 15 is 0 Å². The van der Waals surface area contributed by atoms with E-state index in [9.17, 15) is 0 Å². The Labute approximate surface area is 132 Å². The Kier molecular flexibility index (Phi) is 4.63. The van der Waals surface area contributed by atoms with Crippen LogP contribution in [0.1, 0.15) is 45.2 Å². The van der Waals surface area contributed by atoms with Crippen molar-refractivity contribution in [3.05, 3.63) is 35.2 Å². The topological polar surface area (TPSA) is 15.3 Å². The number of fused-ring (bicyclic) bond motifs is 1. The number of hydrogen-bond donors (Lipinski definition) is 1. The molecule has 2 aromatic rings. The molecule has 1 saturated heterocycles. The van der Waals surface area contributed by atoms with Gasteiger partial charge in [0.05, 0.1) is 0 Å². The summed E-state index contributed by atoms with van der Waals surface area (Å²) in [6.07, 6.45) is 2.43. The highest BCUT2D eigenvalue weighted by molar-refractivity contribution is 7.17. The molecule has 114 valence electrons. The number of thiophene rings is 1. The minimum Gasteiger partial charge on any atom is -0.311 e. The van der Waals surface area contributed by atoms with Crippen molar-refractivity contribution in [2.45, 2.75) is 51.7 Å². The maximum atomic E-state index is 3.69. The van der Waals surface area contributed by atoms with Gasteiger partial charge in [-0.2, -0.15) is 0 Å². The van der Waals surface area contributed by atoms with Crippen molar-refractivity contribution in [2.24, 2.45) is 0 Å². The molecule has 3 atom stereocenters. The lowest BCUT2D eigenvalue weighted by molar-refractivity contribution is 0.0851. The monoisotopic (exact) mass is 302 g/mol. The molecule has 3 heteroatoms. The fourth-order valence-electron chi connectivity index (χ4n) is 3.44. The highest BCUT2D eigenvalue weighted by Crippen LogP contribution is 2.30. The predicted molar refractivity (Wildman–Crippen MR) is 93.1 cm³/mol. The van der Waals surface area contributed by atoms with Crippen LogP contribution in [0.15, 0.2) is 29.6 Å². The van der Waals surface area contributed by atoms with Crippen molar-refractivity contribution in [3.63, 3.8) is 0 Å². The Morgan fingerprint density at radius 2 is 2.14 bits per heavy atom. The zero-order valence-corrected chi connectivity index (χ0v) is 14.1. The van der Waals surface area contributed by atoms with E-state index in [0.29, 0.717) is 18.1 Å². The largest absolute Gasteiger partial charge is 0.311 e. The molecule has 0 aliphatic carbocycles. The van der Waals surface area contributed by atoms with Gasteiger partial charge in [0.1, 0.15) is 0 Å². The van der Waals surface area contributed by atoms with Gasteiger partial charge in [0.25, 0.3) is 0 Å². The maximum Gasteiger partial charge on any atom is 0.0346 e. The number of piperazine rings is 1. The van der Waals surface area contributed by atoms with Gasteiger partial charge in [-0.05, 0) is 48.2 Å². The van der Waals surface area contributed by atoms with E-state index < -0.39 is 0 Å². The molecule has 1 aliphatic rings. The standard InChI is InChI=1S/C18H26N2S/c1-4-16-12-20(17(5-2)11-19-16)13(3)15-7-6-14-8-9-21-18(14)10-15/h6-10,13,16-17,19H,4-5,11-12H2,1-3H3/t13?,16-,17+/m0/s1. The molecule has 0 radical (unpaired) electrons. The SMILES string of the molecule is CC[C@H]1CN(C(C)c2ccc3ccsc3c2)[C@H](CC)CN1. The van der Waals surface area contributed by atoms with Gasteiger partial charge in [-0.1, -0.05) is 26.0 Å². The lowest BCUT2D eigenvalue weighted by Gasteiger charge is -2.43. The fourth-order valence-corrected chi connectivity index (χ4v) is 4.27. The summed E-state index contributed by atoms with van der Waals surface area (Å²) in [5.74, 6) is 0. The Balaban J connectivity index is 1.85. The van der Waals surface area contributed by atoms with Crippen LogP contribution in [0.2, 0.25) is 0 Å². The van der Waals surface area contributed by atoms with Crippen LogP contribution in [0.4, 0.5) is 0 Å². The molecule has 2 heterocycles. The summed E-state index contributed by atoms with van der Waals surface area (Å²) >= 11 is 1.85. The first kappa shape index (κ1) is 15.0. The van der Waals surface area contributed by atoms with E-state index in [1.165, 1.54) is 35.0 Å². The molecule has 1 N–H and O–H groups in total. The summed E-state index contributed by atoms with van der Waals surface area (Å²) in [7, 11) is 0. The summed E-state index contributed by atoms with van der Waals surface area (Å²) in [5, 5.41) is 7.25. The summed E-state index contributed by atoms with van der Waals surface area (Å²) < 4.78 is 1.41. The molecule has 1 aromatic heterocycles. The molecule has 1 aromatic carbocycles. The molecular formula is C18H26N2S. The molecule has 0 saturated carbocycles. The molecule has 1 aliphatic heterocycles. The fraction of sp³-hybridized carbons (Fsp3) is 0.556. The number of rotatable bonds is 4. The lowest BCUT2D eigenvalue weighted by atomic mass is 9.98. The molecule has 0 bridgehead atoms. The molecule has 3 rings (SSSR count). The lowest BCUT2D eigenvalue weighted by Crippen LogP contribution is -2.56. The van der Waals surface area contributed by atoms with E-state index in [4.69, 9.17) is 0 Å². The molecule has 21 heavy (non-hydrogen) atoms. The van der Waals surface area contributed by atoms with Gasteiger partial charge in [-0.15, -0.1) is 11.3 Å². The van der Waals surface area contributed by atoms with Crippen molar-refractivity contribution in [1.82, 2.24) is 10.2 Å². The van der Waals surface area contributed by atoms with Gasteiger partial charge in [-0.25, -0.2) is 0 Å². The Morgan fingerprint density at radius 1 is 1.29 bits per heavy atom. The van der Waals surface area contributed by atoms with E-state index in [1.807, 2.05) is 11.3 Å². The van der Waals surface area contributed by atoms with Crippen LogP contribution in [-0.2, 0) is 0 Å². The summed E-state index contributed by atoms with van der Waals surface area (Å²) in [6.45, 7) is 9.25. The summed E-state index contributed by atoms with van der Waals surface area (Å²) in [4.78, 5) is 2.71. The zero-order valence-electron chi connectivity index (χ0n) is 13.3. The normalized spacial score (nSPS) is 25.3. The van der Waals surface area contributed by atoms with Crippen LogP contribution >= 0.6 is 11.3 Å². The first-order valence-electron chi connectivity index (χ1n) is 8.19. The zero-order chi connectivity index (χ0) is 14.8. The second-order valence-electron chi connectivity index (χ2n) is 6.17. The van der Waals surface area contributed by atoms with Crippen molar-refractivity contribution >= 4 is 21.4 Å². The van der Waals surface area contributed by atoms with E-state index in [0.717, 1.165) is 6.54 Å². The molecule has 1 fully saturated rings. The molecule has 2 nitrogen and oxygen atoms in total. The van der Waals surface area contributed by atoms with Crippen LogP contribution in [0.5, 0.6) is 0 Å².